The monoisotopic (exact) mass is 305 g/mol. The zero-order valence-corrected chi connectivity index (χ0v) is 13.1. The van der Waals surface area contributed by atoms with E-state index in [9.17, 15) is 4.79 Å². The van der Waals surface area contributed by atoms with Crippen molar-refractivity contribution in [3.8, 4) is 0 Å². The summed E-state index contributed by atoms with van der Waals surface area (Å²) < 4.78 is 0. The summed E-state index contributed by atoms with van der Waals surface area (Å²) in [6.07, 6.45) is 8.31. The van der Waals surface area contributed by atoms with E-state index in [1.807, 2.05) is 24.3 Å². The third-order valence-electron chi connectivity index (χ3n) is 3.63. The summed E-state index contributed by atoms with van der Waals surface area (Å²) in [6, 6.07) is 7.65. The molecule has 114 valence electrons. The Bertz CT molecular complexity index is 482. The predicted octanol–water partition coefficient (Wildman–Crippen LogP) is 3.28. The van der Waals surface area contributed by atoms with Crippen LogP contribution in [0.2, 0.25) is 0 Å². The molecule has 0 aromatic heterocycles. The van der Waals surface area contributed by atoms with Gasteiger partial charge in [0, 0.05) is 11.4 Å². The van der Waals surface area contributed by atoms with Gasteiger partial charge < -0.3 is 10.4 Å². The SMILES string of the molecule is O=C(CSc1ccc(CO)cc1)NCCC1=CCCCC1. The quantitative estimate of drug-likeness (QED) is 0.600. The highest BCUT2D eigenvalue weighted by molar-refractivity contribution is 8.00. The van der Waals surface area contributed by atoms with Gasteiger partial charge in [0.2, 0.25) is 5.91 Å². The van der Waals surface area contributed by atoms with Crippen molar-refractivity contribution in [2.75, 3.05) is 12.3 Å². The van der Waals surface area contributed by atoms with Crippen LogP contribution in [0.25, 0.3) is 0 Å². The van der Waals surface area contributed by atoms with Crippen LogP contribution in [0.5, 0.6) is 0 Å². The highest BCUT2D eigenvalue weighted by Crippen LogP contribution is 2.20. The molecule has 0 spiro atoms. The van der Waals surface area contributed by atoms with Gasteiger partial charge in [0.1, 0.15) is 0 Å². The lowest BCUT2D eigenvalue weighted by molar-refractivity contribution is -0.118. The van der Waals surface area contributed by atoms with Crippen LogP contribution in [0.1, 0.15) is 37.7 Å². The minimum absolute atomic E-state index is 0.0568. The van der Waals surface area contributed by atoms with Crippen molar-refractivity contribution in [2.24, 2.45) is 0 Å². The van der Waals surface area contributed by atoms with Crippen molar-refractivity contribution in [1.29, 1.82) is 0 Å². The van der Waals surface area contributed by atoms with E-state index in [0.717, 1.165) is 23.4 Å². The van der Waals surface area contributed by atoms with Crippen LogP contribution < -0.4 is 5.32 Å². The molecule has 0 aliphatic heterocycles. The molecule has 0 fully saturated rings. The lowest BCUT2D eigenvalue weighted by Gasteiger charge is -2.12. The lowest BCUT2D eigenvalue weighted by Crippen LogP contribution is -2.26. The van der Waals surface area contributed by atoms with Crippen molar-refractivity contribution < 1.29 is 9.90 Å². The number of rotatable bonds is 7. The van der Waals surface area contributed by atoms with Gasteiger partial charge in [-0.2, -0.15) is 0 Å². The topological polar surface area (TPSA) is 49.3 Å². The first kappa shape index (κ1) is 16.1. The Balaban J connectivity index is 1.63. The van der Waals surface area contributed by atoms with E-state index in [2.05, 4.69) is 11.4 Å². The number of hydrogen-bond acceptors (Lipinski definition) is 3. The minimum atomic E-state index is 0.0568. The number of amides is 1. The van der Waals surface area contributed by atoms with E-state index < -0.39 is 0 Å². The van der Waals surface area contributed by atoms with Crippen LogP contribution in [0.3, 0.4) is 0 Å². The van der Waals surface area contributed by atoms with Crippen LogP contribution in [0, 0.1) is 0 Å². The number of thioether (sulfide) groups is 1. The van der Waals surface area contributed by atoms with Gasteiger partial charge in [0.05, 0.1) is 12.4 Å². The maximum atomic E-state index is 11.8. The molecule has 3 nitrogen and oxygen atoms in total. The smallest absolute Gasteiger partial charge is 0.230 e. The average Bonchev–Trinajstić information content (AvgIpc) is 2.54. The third-order valence-corrected chi connectivity index (χ3v) is 4.64. The summed E-state index contributed by atoms with van der Waals surface area (Å²) in [5.74, 6) is 0.528. The standard InChI is InChI=1S/C17H23NO2S/c19-12-15-6-8-16(9-7-15)21-13-17(20)18-11-10-14-4-2-1-3-5-14/h4,6-9,19H,1-3,5,10-13H2,(H,18,20). The molecule has 4 heteroatoms. The number of aliphatic hydroxyl groups excluding tert-OH is 1. The second-order valence-electron chi connectivity index (χ2n) is 5.30. The van der Waals surface area contributed by atoms with Gasteiger partial charge in [-0.25, -0.2) is 0 Å². The van der Waals surface area contributed by atoms with Gasteiger partial charge in [-0.3, -0.25) is 4.79 Å². The van der Waals surface area contributed by atoms with Crippen molar-refractivity contribution in [1.82, 2.24) is 5.32 Å². The van der Waals surface area contributed by atoms with Gasteiger partial charge >= 0.3 is 0 Å². The summed E-state index contributed by atoms with van der Waals surface area (Å²) in [5, 5.41) is 12.0. The second-order valence-corrected chi connectivity index (χ2v) is 6.35. The van der Waals surface area contributed by atoms with Crippen molar-refractivity contribution in [3.05, 3.63) is 41.5 Å². The molecular weight excluding hydrogens is 282 g/mol. The van der Waals surface area contributed by atoms with Gasteiger partial charge in [-0.15, -0.1) is 11.8 Å². The van der Waals surface area contributed by atoms with E-state index in [4.69, 9.17) is 5.11 Å². The van der Waals surface area contributed by atoms with Crippen LogP contribution in [-0.4, -0.2) is 23.3 Å². The lowest BCUT2D eigenvalue weighted by atomic mass is 9.97. The number of carbonyl (C=O) groups is 1. The molecule has 0 saturated carbocycles. The third kappa shape index (κ3) is 5.94. The maximum Gasteiger partial charge on any atom is 0.230 e. The molecule has 1 amide bonds. The normalized spacial score (nSPS) is 14.6. The maximum absolute atomic E-state index is 11.8. The first-order valence-electron chi connectivity index (χ1n) is 7.55. The van der Waals surface area contributed by atoms with Crippen LogP contribution in [-0.2, 0) is 11.4 Å². The largest absolute Gasteiger partial charge is 0.392 e. The summed E-state index contributed by atoms with van der Waals surface area (Å²) >= 11 is 1.53. The Kier molecular flexibility index (Phi) is 6.83. The Morgan fingerprint density at radius 3 is 2.71 bits per heavy atom. The van der Waals surface area contributed by atoms with Crippen LogP contribution >= 0.6 is 11.8 Å². The summed E-state index contributed by atoms with van der Waals surface area (Å²) in [7, 11) is 0. The Morgan fingerprint density at radius 1 is 1.24 bits per heavy atom. The van der Waals surface area contributed by atoms with E-state index >= 15 is 0 Å². The Morgan fingerprint density at radius 2 is 2.05 bits per heavy atom. The van der Waals surface area contributed by atoms with Gasteiger partial charge in [-0.05, 0) is 49.8 Å². The zero-order chi connectivity index (χ0) is 14.9. The van der Waals surface area contributed by atoms with Gasteiger partial charge in [0.15, 0.2) is 0 Å². The number of carbonyl (C=O) groups excluding carboxylic acids is 1. The van der Waals surface area contributed by atoms with E-state index in [-0.39, 0.29) is 12.5 Å². The summed E-state index contributed by atoms with van der Waals surface area (Å²) in [6.45, 7) is 0.802. The number of aliphatic hydroxyl groups is 1. The highest BCUT2D eigenvalue weighted by atomic mass is 32.2. The molecule has 2 N–H and O–H groups in total. The van der Waals surface area contributed by atoms with E-state index in [0.29, 0.717) is 5.75 Å². The molecule has 2 rings (SSSR count). The van der Waals surface area contributed by atoms with Crippen molar-refractivity contribution >= 4 is 17.7 Å². The second kappa shape index (κ2) is 8.90. The fourth-order valence-corrected chi connectivity index (χ4v) is 3.11. The molecule has 1 aliphatic carbocycles. The molecule has 1 aromatic rings. The van der Waals surface area contributed by atoms with Crippen molar-refractivity contribution in [3.63, 3.8) is 0 Å². The van der Waals surface area contributed by atoms with Gasteiger partial charge in [-0.1, -0.05) is 23.8 Å². The number of benzene rings is 1. The summed E-state index contributed by atoms with van der Waals surface area (Å²) in [5.41, 5.74) is 2.39. The molecule has 0 bridgehead atoms. The number of nitrogens with one attached hydrogen (secondary N) is 1. The molecule has 0 saturated heterocycles. The van der Waals surface area contributed by atoms with E-state index in [1.165, 1.54) is 43.0 Å². The molecule has 1 aliphatic rings. The first-order chi connectivity index (χ1) is 10.3. The molecule has 0 unspecified atom stereocenters. The zero-order valence-electron chi connectivity index (χ0n) is 12.3. The van der Waals surface area contributed by atoms with Gasteiger partial charge in [0.25, 0.3) is 0 Å². The Hall–Kier alpha value is -1.26. The van der Waals surface area contributed by atoms with Crippen LogP contribution in [0.15, 0.2) is 40.8 Å². The predicted molar refractivity (Wildman–Crippen MR) is 87.3 cm³/mol. The fraction of sp³-hybridized carbons (Fsp3) is 0.471. The molecule has 0 radical (unpaired) electrons. The average molecular weight is 305 g/mol. The molecule has 0 heterocycles. The Labute approximate surface area is 130 Å². The molecule has 0 atom stereocenters. The molecule has 1 aromatic carbocycles. The number of hydrogen-bond donors (Lipinski definition) is 2. The van der Waals surface area contributed by atoms with E-state index in [1.54, 1.807) is 0 Å². The number of allylic oxidation sites excluding steroid dienone is 1. The molecular formula is C17H23NO2S. The highest BCUT2D eigenvalue weighted by Gasteiger charge is 2.06. The minimum Gasteiger partial charge on any atom is -0.392 e. The van der Waals surface area contributed by atoms with Crippen LogP contribution in [0.4, 0.5) is 0 Å². The molecule has 21 heavy (non-hydrogen) atoms. The van der Waals surface area contributed by atoms with Crippen molar-refractivity contribution in [2.45, 2.75) is 43.6 Å². The first-order valence-corrected chi connectivity index (χ1v) is 8.53. The summed E-state index contributed by atoms with van der Waals surface area (Å²) in [4.78, 5) is 12.8. The fourth-order valence-electron chi connectivity index (χ4n) is 2.39.